The van der Waals surface area contributed by atoms with E-state index in [1.54, 1.807) is 4.90 Å². The van der Waals surface area contributed by atoms with Crippen molar-refractivity contribution in [3.63, 3.8) is 0 Å². The molecule has 3 aromatic rings. The molecule has 1 aromatic heterocycles. The molecule has 1 aliphatic heterocycles. The van der Waals surface area contributed by atoms with Crippen molar-refractivity contribution in [2.45, 2.75) is 19.8 Å². The van der Waals surface area contributed by atoms with Gasteiger partial charge >= 0.3 is 0 Å². The summed E-state index contributed by atoms with van der Waals surface area (Å²) in [5.74, 6) is -0.411. The second-order valence-electron chi connectivity index (χ2n) is 8.44. The van der Waals surface area contributed by atoms with Crippen LogP contribution in [0.4, 0.5) is 0 Å². The molecule has 4 rings (SSSR count). The van der Waals surface area contributed by atoms with E-state index in [4.69, 9.17) is 0 Å². The molecular weight excluding hydrogens is 414 g/mol. The van der Waals surface area contributed by atoms with E-state index in [2.05, 4.69) is 36.2 Å². The topological polar surface area (TPSA) is 73.5 Å². The number of pyridine rings is 1. The minimum atomic E-state index is -0.337. The molecule has 6 heteroatoms. The summed E-state index contributed by atoms with van der Waals surface area (Å²) in [5.41, 5.74) is 3.49. The largest absolute Gasteiger partial charge is 0.341 e. The fourth-order valence-electron chi connectivity index (χ4n) is 4.46. The fraction of sp³-hybridized carbons (Fsp3) is 0.296. The van der Waals surface area contributed by atoms with Gasteiger partial charge in [0.2, 0.25) is 11.5 Å². The molecule has 2 heterocycles. The van der Waals surface area contributed by atoms with Gasteiger partial charge in [-0.1, -0.05) is 61.5 Å². The van der Waals surface area contributed by atoms with E-state index in [0.717, 1.165) is 23.1 Å². The molecule has 1 fully saturated rings. The Kier molecular flexibility index (Phi) is 7.03. The number of aromatic nitrogens is 1. The van der Waals surface area contributed by atoms with Crippen LogP contribution >= 0.6 is 0 Å². The summed E-state index contributed by atoms with van der Waals surface area (Å²) in [5, 5.41) is 0. The highest BCUT2D eigenvalue weighted by molar-refractivity contribution is 5.94. The zero-order valence-electron chi connectivity index (χ0n) is 18.9. The van der Waals surface area contributed by atoms with Crippen molar-refractivity contribution >= 4 is 11.8 Å². The molecule has 0 radical (unpaired) electrons. The van der Waals surface area contributed by atoms with Gasteiger partial charge in [0.05, 0.1) is 11.5 Å². The summed E-state index contributed by atoms with van der Waals surface area (Å²) < 4.78 is 0. The highest BCUT2D eigenvalue weighted by Gasteiger charge is 2.32. The second-order valence-corrected chi connectivity index (χ2v) is 8.44. The molecule has 1 saturated heterocycles. The van der Waals surface area contributed by atoms with E-state index in [1.165, 1.54) is 18.3 Å². The lowest BCUT2D eigenvalue weighted by Gasteiger charge is -2.24. The van der Waals surface area contributed by atoms with E-state index in [9.17, 15) is 14.4 Å². The van der Waals surface area contributed by atoms with Crippen LogP contribution in [-0.4, -0.2) is 52.8 Å². The van der Waals surface area contributed by atoms with E-state index in [1.807, 2.05) is 35.2 Å². The number of aromatic amines is 1. The van der Waals surface area contributed by atoms with Crippen LogP contribution in [0.25, 0.3) is 11.1 Å². The van der Waals surface area contributed by atoms with Crippen LogP contribution < -0.4 is 5.56 Å². The monoisotopic (exact) mass is 443 g/mol. The lowest BCUT2D eigenvalue weighted by Crippen LogP contribution is -2.38. The van der Waals surface area contributed by atoms with Gasteiger partial charge in [-0.2, -0.15) is 0 Å². The molecule has 1 aliphatic rings. The minimum absolute atomic E-state index is 0.0940. The van der Waals surface area contributed by atoms with Crippen molar-refractivity contribution in [1.29, 1.82) is 0 Å². The Balaban J connectivity index is 1.63. The zero-order valence-corrected chi connectivity index (χ0v) is 18.9. The molecule has 33 heavy (non-hydrogen) atoms. The fourth-order valence-corrected chi connectivity index (χ4v) is 4.46. The normalized spacial score (nSPS) is 16.5. The summed E-state index contributed by atoms with van der Waals surface area (Å²) in [4.78, 5) is 44.3. The smallest absolute Gasteiger partial charge is 0.255 e. The number of nitrogens with zero attached hydrogens (tertiary/aromatic N) is 2. The molecule has 0 saturated carbocycles. The molecule has 1 atom stereocenters. The van der Waals surface area contributed by atoms with Gasteiger partial charge in [0.1, 0.15) is 0 Å². The first-order chi connectivity index (χ1) is 16.1. The highest BCUT2D eigenvalue weighted by Crippen LogP contribution is 2.27. The first-order valence-electron chi connectivity index (χ1n) is 11.5. The lowest BCUT2D eigenvalue weighted by atomic mass is 9.91. The van der Waals surface area contributed by atoms with Crippen molar-refractivity contribution in [2.24, 2.45) is 5.92 Å². The lowest BCUT2D eigenvalue weighted by molar-refractivity contribution is -0.134. The van der Waals surface area contributed by atoms with E-state index in [0.29, 0.717) is 38.2 Å². The van der Waals surface area contributed by atoms with Crippen LogP contribution in [0.3, 0.4) is 0 Å². The number of H-pyrrole nitrogens is 1. The maximum absolute atomic E-state index is 13.5. The van der Waals surface area contributed by atoms with Crippen molar-refractivity contribution in [3.05, 3.63) is 94.4 Å². The van der Waals surface area contributed by atoms with Crippen LogP contribution in [0.1, 0.15) is 29.3 Å². The average molecular weight is 444 g/mol. The number of nitrogens with one attached hydrogen (secondary N) is 1. The number of amides is 2. The van der Waals surface area contributed by atoms with Gasteiger partial charge in [0.15, 0.2) is 0 Å². The third kappa shape index (κ3) is 5.22. The summed E-state index contributed by atoms with van der Waals surface area (Å²) in [6.07, 6.45) is 2.87. The summed E-state index contributed by atoms with van der Waals surface area (Å²) in [6.45, 7) is 4.07. The molecule has 0 aliphatic carbocycles. The standard InChI is InChI=1S/C27H29N3O3/c1-2-14-29-15-16-30(26(32)22-12-13-25(31)28-18-22)19-23(27(29)33)17-21-10-6-7-11-24(21)20-8-4-3-5-9-20/h3-13,18,23H,2,14-17,19H2,1H3,(H,28,31). The Morgan fingerprint density at radius 1 is 0.970 bits per heavy atom. The Morgan fingerprint density at radius 2 is 1.73 bits per heavy atom. The molecule has 1 N–H and O–H groups in total. The number of carbonyl (C=O) groups excluding carboxylic acids is 2. The Bertz CT molecular complexity index is 1150. The molecular formula is C27H29N3O3. The predicted octanol–water partition coefficient (Wildman–Crippen LogP) is 3.60. The van der Waals surface area contributed by atoms with E-state index in [-0.39, 0.29) is 23.3 Å². The van der Waals surface area contributed by atoms with Crippen molar-refractivity contribution in [2.75, 3.05) is 26.2 Å². The molecule has 0 spiro atoms. The minimum Gasteiger partial charge on any atom is -0.341 e. The summed E-state index contributed by atoms with van der Waals surface area (Å²) in [7, 11) is 0. The molecule has 2 amide bonds. The number of hydrogen-bond acceptors (Lipinski definition) is 3. The quantitative estimate of drug-likeness (QED) is 0.633. The van der Waals surface area contributed by atoms with Crippen LogP contribution in [0.15, 0.2) is 77.7 Å². The molecule has 6 nitrogen and oxygen atoms in total. The van der Waals surface area contributed by atoms with Crippen LogP contribution in [0, 0.1) is 5.92 Å². The summed E-state index contributed by atoms with van der Waals surface area (Å²) in [6, 6.07) is 21.2. The number of carbonyl (C=O) groups is 2. The molecule has 1 unspecified atom stereocenters. The maximum atomic E-state index is 13.5. The van der Waals surface area contributed by atoms with E-state index >= 15 is 0 Å². The maximum Gasteiger partial charge on any atom is 0.255 e. The first-order valence-corrected chi connectivity index (χ1v) is 11.5. The van der Waals surface area contributed by atoms with Gasteiger partial charge in [0.25, 0.3) is 5.91 Å². The SMILES string of the molecule is CCCN1CCN(C(=O)c2ccc(=O)[nH]c2)CC(Cc2ccccc2-c2ccccc2)C1=O. The van der Waals surface area contributed by atoms with Crippen LogP contribution in [-0.2, 0) is 11.2 Å². The number of rotatable bonds is 6. The Morgan fingerprint density at radius 3 is 2.45 bits per heavy atom. The van der Waals surface area contributed by atoms with Crippen LogP contribution in [0.5, 0.6) is 0 Å². The van der Waals surface area contributed by atoms with Gasteiger partial charge in [-0.05, 0) is 35.6 Å². The van der Waals surface area contributed by atoms with E-state index < -0.39 is 0 Å². The van der Waals surface area contributed by atoms with Gasteiger partial charge in [0, 0.05) is 38.4 Å². The van der Waals surface area contributed by atoms with Crippen molar-refractivity contribution in [1.82, 2.24) is 14.8 Å². The number of benzene rings is 2. The third-order valence-electron chi connectivity index (χ3n) is 6.12. The highest BCUT2D eigenvalue weighted by atomic mass is 16.2. The third-order valence-corrected chi connectivity index (χ3v) is 6.12. The van der Waals surface area contributed by atoms with Crippen LogP contribution in [0.2, 0.25) is 0 Å². The Labute approximate surface area is 193 Å². The summed E-state index contributed by atoms with van der Waals surface area (Å²) >= 11 is 0. The van der Waals surface area contributed by atoms with Gasteiger partial charge in [-0.15, -0.1) is 0 Å². The molecule has 170 valence electrons. The van der Waals surface area contributed by atoms with Gasteiger partial charge in [-0.25, -0.2) is 0 Å². The van der Waals surface area contributed by atoms with Gasteiger partial charge in [-0.3, -0.25) is 14.4 Å². The Hall–Kier alpha value is -3.67. The molecule has 2 aromatic carbocycles. The number of hydrogen-bond donors (Lipinski definition) is 1. The predicted molar refractivity (Wildman–Crippen MR) is 129 cm³/mol. The first kappa shape index (κ1) is 22.5. The zero-order chi connectivity index (χ0) is 23.2. The molecule has 0 bridgehead atoms. The van der Waals surface area contributed by atoms with Gasteiger partial charge < -0.3 is 14.8 Å². The second kappa shape index (κ2) is 10.3. The van der Waals surface area contributed by atoms with Crippen molar-refractivity contribution in [3.8, 4) is 11.1 Å². The van der Waals surface area contributed by atoms with Crippen molar-refractivity contribution < 1.29 is 9.59 Å². The average Bonchev–Trinajstić information content (AvgIpc) is 2.99.